The van der Waals surface area contributed by atoms with Crippen molar-refractivity contribution in [1.82, 2.24) is 25.0 Å². The predicted octanol–water partition coefficient (Wildman–Crippen LogP) is 6.19. The second-order valence-corrected chi connectivity index (χ2v) is 9.06. The van der Waals surface area contributed by atoms with Crippen LogP contribution in [0.1, 0.15) is 28.3 Å². The Bertz CT molecular complexity index is 1610. The summed E-state index contributed by atoms with van der Waals surface area (Å²) in [6.45, 7) is 0. The van der Waals surface area contributed by atoms with Crippen LogP contribution in [0, 0.1) is 17.1 Å². The minimum atomic E-state index is -0.530. The number of rotatable bonds is 6. The summed E-state index contributed by atoms with van der Waals surface area (Å²) in [6, 6.07) is 14.1. The lowest BCUT2D eigenvalue weighted by molar-refractivity contribution is 0.628. The van der Waals surface area contributed by atoms with Crippen LogP contribution < -0.4 is 5.32 Å². The van der Waals surface area contributed by atoms with E-state index in [1.165, 1.54) is 18.3 Å². The maximum absolute atomic E-state index is 13.7. The first kappa shape index (κ1) is 23.7. The Morgan fingerprint density at radius 1 is 1.14 bits per heavy atom. The first-order valence-corrected chi connectivity index (χ1v) is 11.7. The average molecular weight is 518 g/mol. The number of fused-ring (bicyclic) bond motifs is 1. The monoisotopic (exact) mass is 517 g/mol. The van der Waals surface area contributed by atoms with E-state index in [4.69, 9.17) is 23.2 Å². The molecule has 5 rings (SSSR count). The molecule has 1 atom stereocenters. The topological polar surface area (TPSA) is 92.3 Å². The molecule has 0 aliphatic rings. The lowest BCUT2D eigenvalue weighted by Gasteiger charge is -2.17. The fraction of sp³-hybridized carbons (Fsp3) is 0.115. The van der Waals surface area contributed by atoms with Crippen LogP contribution in [-0.2, 0) is 13.5 Å². The minimum Gasteiger partial charge on any atom is -0.354 e. The van der Waals surface area contributed by atoms with Gasteiger partial charge in [-0.05, 0) is 53.9 Å². The van der Waals surface area contributed by atoms with E-state index in [0.29, 0.717) is 39.3 Å². The van der Waals surface area contributed by atoms with Crippen LogP contribution in [0.2, 0.25) is 10.0 Å². The highest BCUT2D eigenvalue weighted by Crippen LogP contribution is 2.36. The predicted molar refractivity (Wildman–Crippen MR) is 137 cm³/mol. The molecule has 178 valence electrons. The van der Waals surface area contributed by atoms with Gasteiger partial charge in [0.05, 0.1) is 32.5 Å². The van der Waals surface area contributed by atoms with Crippen molar-refractivity contribution >= 4 is 45.5 Å². The van der Waals surface area contributed by atoms with E-state index in [1.807, 2.05) is 43.7 Å². The summed E-state index contributed by atoms with van der Waals surface area (Å²) in [5, 5.41) is 22.5. The Labute approximate surface area is 216 Å². The summed E-state index contributed by atoms with van der Waals surface area (Å²) in [4.78, 5) is 8.68. The lowest BCUT2D eigenvalue weighted by atomic mass is 9.90. The normalized spacial score (nSPS) is 11.9. The van der Waals surface area contributed by atoms with Crippen LogP contribution in [0.25, 0.3) is 10.9 Å². The molecule has 10 heteroatoms. The molecule has 0 saturated carbocycles. The molecular formula is C26H18Cl2FN7. The van der Waals surface area contributed by atoms with E-state index in [2.05, 4.69) is 31.7 Å². The highest BCUT2D eigenvalue weighted by atomic mass is 35.5. The van der Waals surface area contributed by atoms with Gasteiger partial charge in [0.1, 0.15) is 11.9 Å². The fourth-order valence-corrected chi connectivity index (χ4v) is 4.58. The summed E-state index contributed by atoms with van der Waals surface area (Å²) in [6.07, 6.45) is 7.42. The van der Waals surface area contributed by atoms with Crippen LogP contribution in [0.4, 0.5) is 15.8 Å². The highest BCUT2D eigenvalue weighted by molar-refractivity contribution is 6.35. The molecule has 36 heavy (non-hydrogen) atoms. The smallest absolute Gasteiger partial charge is 0.141 e. The Hall–Kier alpha value is -4.06. The first-order valence-electron chi connectivity index (χ1n) is 10.9. The summed E-state index contributed by atoms with van der Waals surface area (Å²) < 4.78 is 15.3. The van der Waals surface area contributed by atoms with Gasteiger partial charge in [-0.1, -0.05) is 34.5 Å². The zero-order valence-electron chi connectivity index (χ0n) is 19.0. The molecule has 0 spiro atoms. The van der Waals surface area contributed by atoms with Gasteiger partial charge in [0, 0.05) is 48.8 Å². The SMILES string of the molecule is Cn1cc([C@H](Cc2cc(Cl)c3ncc(C#N)c(Nc4ccc(F)c(Cl)c4)c3c2)c2cccnc2)nn1. The summed E-state index contributed by atoms with van der Waals surface area (Å²) in [7, 11) is 1.82. The molecule has 0 fully saturated rings. The van der Waals surface area contributed by atoms with Gasteiger partial charge < -0.3 is 5.32 Å². The standard InChI is InChI=1S/C26H18Cl2FN7/c1-36-14-24(34-35-36)19(16-3-2-6-31-12-16)7-15-8-20-25(33-18-4-5-23(29)21(27)10-18)17(11-30)13-32-26(20)22(28)9-15/h2-6,8-10,12-14,19H,7H2,1H3,(H,32,33)/t19-/m1/s1. The quantitative estimate of drug-likeness (QED) is 0.288. The number of aryl methyl sites for hydroxylation is 1. The number of halogens is 3. The van der Waals surface area contributed by atoms with E-state index >= 15 is 0 Å². The van der Waals surface area contributed by atoms with Crippen molar-refractivity contribution in [2.75, 3.05) is 5.32 Å². The third kappa shape index (κ3) is 4.71. The maximum Gasteiger partial charge on any atom is 0.141 e. The van der Waals surface area contributed by atoms with Gasteiger partial charge in [0.25, 0.3) is 0 Å². The van der Waals surface area contributed by atoms with Crippen LogP contribution in [0.5, 0.6) is 0 Å². The Kier molecular flexibility index (Phi) is 6.51. The molecule has 5 aromatic rings. The summed E-state index contributed by atoms with van der Waals surface area (Å²) in [5.41, 5.74) is 4.57. The van der Waals surface area contributed by atoms with E-state index in [1.54, 1.807) is 16.9 Å². The zero-order chi connectivity index (χ0) is 25.2. The van der Waals surface area contributed by atoms with Crippen LogP contribution in [0.3, 0.4) is 0 Å². The van der Waals surface area contributed by atoms with Gasteiger partial charge in [-0.25, -0.2) is 4.39 Å². The van der Waals surface area contributed by atoms with Gasteiger partial charge in [-0.15, -0.1) is 5.10 Å². The van der Waals surface area contributed by atoms with E-state index < -0.39 is 5.82 Å². The molecule has 0 radical (unpaired) electrons. The van der Waals surface area contributed by atoms with Crippen LogP contribution in [0.15, 0.2) is 67.3 Å². The number of anilines is 2. The zero-order valence-corrected chi connectivity index (χ0v) is 20.5. The number of aromatic nitrogens is 5. The molecule has 3 heterocycles. The Morgan fingerprint density at radius 3 is 2.69 bits per heavy atom. The number of benzene rings is 2. The van der Waals surface area contributed by atoms with Crippen molar-refractivity contribution in [1.29, 1.82) is 5.26 Å². The maximum atomic E-state index is 13.7. The van der Waals surface area contributed by atoms with Gasteiger partial charge >= 0.3 is 0 Å². The van der Waals surface area contributed by atoms with Crippen molar-refractivity contribution in [3.05, 3.63) is 105 Å². The van der Waals surface area contributed by atoms with Crippen molar-refractivity contribution in [3.8, 4) is 6.07 Å². The van der Waals surface area contributed by atoms with Crippen molar-refractivity contribution in [3.63, 3.8) is 0 Å². The number of hydrogen-bond acceptors (Lipinski definition) is 6. The van der Waals surface area contributed by atoms with Gasteiger partial charge in [0.2, 0.25) is 0 Å². The second-order valence-electron chi connectivity index (χ2n) is 8.25. The molecule has 0 aliphatic carbocycles. The molecule has 0 aliphatic heterocycles. The average Bonchev–Trinajstić information content (AvgIpc) is 3.31. The van der Waals surface area contributed by atoms with E-state index in [-0.39, 0.29) is 10.9 Å². The number of pyridine rings is 2. The van der Waals surface area contributed by atoms with Gasteiger partial charge in [0.15, 0.2) is 0 Å². The number of nitrogens with zero attached hydrogens (tertiary/aromatic N) is 6. The molecule has 1 N–H and O–H groups in total. The molecule has 7 nitrogen and oxygen atoms in total. The molecule has 0 saturated heterocycles. The van der Waals surface area contributed by atoms with E-state index in [9.17, 15) is 9.65 Å². The minimum absolute atomic E-state index is 0.0288. The van der Waals surface area contributed by atoms with E-state index in [0.717, 1.165) is 16.8 Å². The van der Waals surface area contributed by atoms with Gasteiger partial charge in [-0.2, -0.15) is 5.26 Å². The van der Waals surface area contributed by atoms with Crippen molar-refractivity contribution in [2.45, 2.75) is 12.3 Å². The summed E-state index contributed by atoms with van der Waals surface area (Å²) >= 11 is 12.6. The van der Waals surface area contributed by atoms with Crippen molar-refractivity contribution in [2.24, 2.45) is 7.05 Å². The molecular weight excluding hydrogens is 500 g/mol. The fourth-order valence-electron chi connectivity index (χ4n) is 4.11. The second kappa shape index (κ2) is 9.90. The molecule has 2 aromatic carbocycles. The van der Waals surface area contributed by atoms with Crippen LogP contribution in [-0.4, -0.2) is 25.0 Å². The molecule has 0 unspecified atom stereocenters. The molecule has 0 bridgehead atoms. The Balaban J connectivity index is 1.62. The Morgan fingerprint density at radius 2 is 2.00 bits per heavy atom. The number of nitriles is 1. The first-order chi connectivity index (χ1) is 17.4. The molecule has 3 aromatic heterocycles. The number of nitrogens with one attached hydrogen (secondary N) is 1. The largest absolute Gasteiger partial charge is 0.354 e. The van der Waals surface area contributed by atoms with Crippen molar-refractivity contribution < 1.29 is 4.39 Å². The lowest BCUT2D eigenvalue weighted by Crippen LogP contribution is -2.07. The number of hydrogen-bond donors (Lipinski definition) is 1. The summed E-state index contributed by atoms with van der Waals surface area (Å²) in [5.74, 6) is -0.654. The van der Waals surface area contributed by atoms with Gasteiger partial charge in [-0.3, -0.25) is 14.6 Å². The third-order valence-corrected chi connectivity index (χ3v) is 6.38. The third-order valence-electron chi connectivity index (χ3n) is 5.80. The van der Waals surface area contributed by atoms with Crippen LogP contribution >= 0.6 is 23.2 Å². The highest BCUT2D eigenvalue weighted by Gasteiger charge is 2.21. The molecule has 0 amide bonds.